The van der Waals surface area contributed by atoms with Crippen molar-refractivity contribution in [3.63, 3.8) is 0 Å². The number of aromatic nitrogens is 2. The summed E-state index contributed by atoms with van der Waals surface area (Å²) in [5, 5.41) is 1.07. The normalized spacial score (nSPS) is 14.0. The molecule has 2 aromatic carbocycles. The van der Waals surface area contributed by atoms with Gasteiger partial charge in [-0.1, -0.05) is 29.8 Å². The third kappa shape index (κ3) is 2.70. The smallest absolute Gasteiger partial charge is 0.258 e. The van der Waals surface area contributed by atoms with Crippen molar-refractivity contribution in [3.8, 4) is 0 Å². The highest BCUT2D eigenvalue weighted by Crippen LogP contribution is 2.27. The fourth-order valence-corrected chi connectivity index (χ4v) is 3.36. The van der Waals surface area contributed by atoms with Crippen molar-refractivity contribution >= 4 is 28.2 Å². The summed E-state index contributed by atoms with van der Waals surface area (Å²) >= 11 is 5.95. The quantitative estimate of drug-likeness (QED) is 0.784. The number of anilines is 1. The standard InChI is InChI=1S/C18H16ClN3O/c19-13-7-8-15-14(10-13)18(23)21-17(20-15)11-22-9-3-5-12-4-1-2-6-16(12)22/h1-2,4,6-8,10H,3,5,9,11H2,(H,20,21,23). The fraction of sp³-hybridized carbons (Fsp3) is 0.222. The molecule has 2 heterocycles. The third-order valence-electron chi connectivity index (χ3n) is 4.26. The molecule has 0 spiro atoms. The molecule has 0 amide bonds. The van der Waals surface area contributed by atoms with Crippen LogP contribution in [0.25, 0.3) is 10.9 Å². The number of hydrogen-bond donors (Lipinski definition) is 1. The maximum atomic E-state index is 12.3. The van der Waals surface area contributed by atoms with Gasteiger partial charge in [0.25, 0.3) is 5.56 Å². The van der Waals surface area contributed by atoms with Crippen LogP contribution in [0.4, 0.5) is 5.69 Å². The van der Waals surface area contributed by atoms with Gasteiger partial charge in [-0.05, 0) is 42.7 Å². The van der Waals surface area contributed by atoms with Crippen LogP contribution in [0.3, 0.4) is 0 Å². The molecular formula is C18H16ClN3O. The summed E-state index contributed by atoms with van der Waals surface area (Å²) < 4.78 is 0. The van der Waals surface area contributed by atoms with E-state index in [0.717, 1.165) is 19.4 Å². The molecule has 0 atom stereocenters. The summed E-state index contributed by atoms with van der Waals surface area (Å²) in [4.78, 5) is 22.0. The molecule has 4 rings (SSSR count). The molecule has 0 saturated carbocycles. The van der Waals surface area contributed by atoms with Crippen LogP contribution < -0.4 is 10.5 Å². The first-order chi connectivity index (χ1) is 11.2. The maximum absolute atomic E-state index is 12.3. The zero-order valence-corrected chi connectivity index (χ0v) is 13.3. The van der Waals surface area contributed by atoms with Crippen molar-refractivity contribution in [2.24, 2.45) is 0 Å². The number of fused-ring (bicyclic) bond motifs is 2. The molecular weight excluding hydrogens is 310 g/mol. The first-order valence-corrected chi connectivity index (χ1v) is 8.10. The van der Waals surface area contributed by atoms with Crippen molar-refractivity contribution in [1.29, 1.82) is 0 Å². The van der Waals surface area contributed by atoms with Crippen molar-refractivity contribution in [3.05, 3.63) is 69.2 Å². The Morgan fingerprint density at radius 2 is 2.09 bits per heavy atom. The molecule has 1 aromatic heterocycles. The maximum Gasteiger partial charge on any atom is 0.258 e. The summed E-state index contributed by atoms with van der Waals surface area (Å²) in [6.07, 6.45) is 2.22. The van der Waals surface area contributed by atoms with Crippen LogP contribution in [0, 0.1) is 0 Å². The molecule has 0 saturated heterocycles. The summed E-state index contributed by atoms with van der Waals surface area (Å²) in [5.41, 5.74) is 3.13. The number of hydrogen-bond acceptors (Lipinski definition) is 3. The van der Waals surface area contributed by atoms with E-state index in [2.05, 4.69) is 39.1 Å². The SMILES string of the molecule is O=c1[nH]c(CN2CCCc3ccccc32)nc2ccc(Cl)cc12. The molecule has 3 aromatic rings. The van der Waals surface area contributed by atoms with Gasteiger partial charge in [-0.15, -0.1) is 0 Å². The minimum atomic E-state index is -0.141. The average molecular weight is 326 g/mol. The number of nitrogens with zero attached hydrogens (tertiary/aromatic N) is 2. The monoisotopic (exact) mass is 325 g/mol. The molecule has 1 aliphatic heterocycles. The number of para-hydroxylation sites is 1. The molecule has 0 radical (unpaired) electrons. The first-order valence-electron chi connectivity index (χ1n) is 7.72. The van der Waals surface area contributed by atoms with Crippen molar-refractivity contribution in [2.45, 2.75) is 19.4 Å². The molecule has 0 unspecified atom stereocenters. The zero-order valence-electron chi connectivity index (χ0n) is 12.6. The Morgan fingerprint density at radius 3 is 3.00 bits per heavy atom. The van der Waals surface area contributed by atoms with Crippen molar-refractivity contribution in [1.82, 2.24) is 9.97 Å². The number of benzene rings is 2. The highest BCUT2D eigenvalue weighted by molar-refractivity contribution is 6.31. The second-order valence-corrected chi connectivity index (χ2v) is 6.26. The topological polar surface area (TPSA) is 49.0 Å². The van der Waals surface area contributed by atoms with Gasteiger partial charge in [0.2, 0.25) is 0 Å². The summed E-state index contributed by atoms with van der Waals surface area (Å²) in [5.74, 6) is 0.682. The molecule has 0 fully saturated rings. The van der Waals surface area contributed by atoms with Crippen molar-refractivity contribution in [2.75, 3.05) is 11.4 Å². The van der Waals surface area contributed by atoms with E-state index in [1.54, 1.807) is 18.2 Å². The van der Waals surface area contributed by atoms with E-state index >= 15 is 0 Å². The van der Waals surface area contributed by atoms with E-state index in [1.807, 2.05) is 0 Å². The number of aromatic amines is 1. The lowest BCUT2D eigenvalue weighted by Crippen LogP contribution is -2.30. The van der Waals surface area contributed by atoms with E-state index in [-0.39, 0.29) is 5.56 Å². The van der Waals surface area contributed by atoms with Gasteiger partial charge < -0.3 is 9.88 Å². The van der Waals surface area contributed by atoms with E-state index in [9.17, 15) is 4.79 Å². The molecule has 23 heavy (non-hydrogen) atoms. The number of aryl methyl sites for hydroxylation is 1. The minimum Gasteiger partial charge on any atom is -0.364 e. The Balaban J connectivity index is 1.72. The van der Waals surface area contributed by atoms with Crippen LogP contribution in [0.1, 0.15) is 17.8 Å². The lowest BCUT2D eigenvalue weighted by molar-refractivity contribution is 0.674. The Bertz CT molecular complexity index is 935. The van der Waals surface area contributed by atoms with E-state index < -0.39 is 0 Å². The van der Waals surface area contributed by atoms with Gasteiger partial charge in [-0.3, -0.25) is 4.79 Å². The van der Waals surface area contributed by atoms with Gasteiger partial charge in [0, 0.05) is 17.3 Å². The van der Waals surface area contributed by atoms with Gasteiger partial charge in [0.1, 0.15) is 5.82 Å². The number of rotatable bonds is 2. The van der Waals surface area contributed by atoms with E-state index in [0.29, 0.717) is 28.3 Å². The largest absolute Gasteiger partial charge is 0.364 e. The molecule has 1 aliphatic rings. The lowest BCUT2D eigenvalue weighted by atomic mass is 10.0. The Labute approximate surface area is 138 Å². The third-order valence-corrected chi connectivity index (χ3v) is 4.50. The second-order valence-electron chi connectivity index (χ2n) is 5.83. The van der Waals surface area contributed by atoms with E-state index in [1.165, 1.54) is 11.3 Å². The van der Waals surface area contributed by atoms with Gasteiger partial charge >= 0.3 is 0 Å². The number of H-pyrrole nitrogens is 1. The Morgan fingerprint density at radius 1 is 1.22 bits per heavy atom. The predicted octanol–water partition coefficient (Wildman–Crippen LogP) is 3.53. The van der Waals surface area contributed by atoms with Gasteiger partial charge in [-0.25, -0.2) is 4.98 Å². The molecule has 5 heteroatoms. The van der Waals surface area contributed by atoms with Crippen molar-refractivity contribution < 1.29 is 0 Å². The highest BCUT2D eigenvalue weighted by Gasteiger charge is 2.17. The fourth-order valence-electron chi connectivity index (χ4n) is 3.19. The average Bonchev–Trinajstić information content (AvgIpc) is 2.56. The zero-order chi connectivity index (χ0) is 15.8. The Kier molecular flexibility index (Phi) is 3.54. The van der Waals surface area contributed by atoms with Gasteiger partial charge in [-0.2, -0.15) is 0 Å². The number of halogens is 1. The highest BCUT2D eigenvalue weighted by atomic mass is 35.5. The molecule has 0 aliphatic carbocycles. The molecule has 1 N–H and O–H groups in total. The Hall–Kier alpha value is -2.33. The van der Waals surface area contributed by atoms with Crippen LogP contribution in [-0.2, 0) is 13.0 Å². The summed E-state index contributed by atoms with van der Waals surface area (Å²) in [6.45, 7) is 1.57. The van der Waals surface area contributed by atoms with Gasteiger partial charge in [0.05, 0.1) is 17.4 Å². The van der Waals surface area contributed by atoms with Crippen LogP contribution >= 0.6 is 11.6 Å². The summed E-state index contributed by atoms with van der Waals surface area (Å²) in [7, 11) is 0. The predicted molar refractivity (Wildman–Crippen MR) is 93.2 cm³/mol. The summed E-state index contributed by atoms with van der Waals surface area (Å²) in [6, 6.07) is 13.6. The van der Waals surface area contributed by atoms with E-state index in [4.69, 9.17) is 11.6 Å². The molecule has 0 bridgehead atoms. The van der Waals surface area contributed by atoms with Crippen LogP contribution in [-0.4, -0.2) is 16.5 Å². The molecule has 4 nitrogen and oxygen atoms in total. The van der Waals surface area contributed by atoms with Crippen LogP contribution in [0.15, 0.2) is 47.3 Å². The van der Waals surface area contributed by atoms with Crippen LogP contribution in [0.2, 0.25) is 5.02 Å². The molecule has 116 valence electrons. The lowest BCUT2D eigenvalue weighted by Gasteiger charge is -2.30. The number of nitrogens with one attached hydrogen (secondary N) is 1. The first kappa shape index (κ1) is 14.3. The minimum absolute atomic E-state index is 0.141. The van der Waals surface area contributed by atoms with Gasteiger partial charge in [0.15, 0.2) is 0 Å². The van der Waals surface area contributed by atoms with Crippen LogP contribution in [0.5, 0.6) is 0 Å². The second kappa shape index (κ2) is 5.70.